The minimum atomic E-state index is -0.324. The van der Waals surface area contributed by atoms with E-state index in [-0.39, 0.29) is 12.4 Å². The van der Waals surface area contributed by atoms with Crippen LogP contribution in [0.15, 0.2) is 49.2 Å². The quantitative estimate of drug-likeness (QED) is 0.586. The Bertz CT molecular complexity index is 1110. The van der Waals surface area contributed by atoms with E-state index in [0.29, 0.717) is 17.0 Å². The number of pyridine rings is 1. The van der Waals surface area contributed by atoms with Gasteiger partial charge in [0.05, 0.1) is 7.11 Å². The van der Waals surface area contributed by atoms with Crippen molar-refractivity contribution in [3.63, 3.8) is 0 Å². The molecule has 0 aliphatic rings. The lowest BCUT2D eigenvalue weighted by atomic mass is 10.1. The van der Waals surface area contributed by atoms with Gasteiger partial charge in [0.2, 0.25) is 0 Å². The smallest absolute Gasteiger partial charge is 0.170 e. The third-order valence-electron chi connectivity index (χ3n) is 4.40. The van der Waals surface area contributed by atoms with Gasteiger partial charge in [-0.1, -0.05) is 6.07 Å². The highest BCUT2D eigenvalue weighted by molar-refractivity contribution is 5.79. The maximum atomic E-state index is 14.2. The van der Waals surface area contributed by atoms with Crippen molar-refractivity contribution in [1.82, 2.24) is 24.6 Å². The van der Waals surface area contributed by atoms with E-state index in [2.05, 4.69) is 25.5 Å². The molecule has 136 valence electrons. The van der Waals surface area contributed by atoms with Crippen LogP contribution in [-0.2, 0) is 6.54 Å². The Labute approximate surface area is 154 Å². The van der Waals surface area contributed by atoms with Crippen LogP contribution in [0.25, 0.3) is 16.8 Å². The van der Waals surface area contributed by atoms with Crippen LogP contribution in [0, 0.1) is 12.7 Å². The number of aromatic nitrogens is 5. The molecule has 4 aromatic rings. The summed E-state index contributed by atoms with van der Waals surface area (Å²) in [6, 6.07) is 8.59. The zero-order valence-corrected chi connectivity index (χ0v) is 14.8. The summed E-state index contributed by atoms with van der Waals surface area (Å²) in [5.74, 6) is 0.908. The number of anilines is 1. The highest BCUT2D eigenvalue weighted by Gasteiger charge is 2.14. The van der Waals surface area contributed by atoms with Crippen LogP contribution in [0.2, 0.25) is 0 Å². The van der Waals surface area contributed by atoms with Crippen LogP contribution in [0.4, 0.5) is 10.2 Å². The first-order valence-corrected chi connectivity index (χ1v) is 8.34. The SMILES string of the molecule is COc1cccc(F)c1CNc1ccc(-c2cncnc2C)c2nncn12. The molecule has 0 saturated heterocycles. The summed E-state index contributed by atoms with van der Waals surface area (Å²) in [5.41, 5.74) is 3.74. The molecule has 3 aromatic heterocycles. The number of hydrogen-bond acceptors (Lipinski definition) is 6. The minimum absolute atomic E-state index is 0.260. The fraction of sp³-hybridized carbons (Fsp3) is 0.158. The maximum absolute atomic E-state index is 14.2. The van der Waals surface area contributed by atoms with Gasteiger partial charge in [-0.25, -0.2) is 14.4 Å². The molecule has 8 heteroatoms. The second kappa shape index (κ2) is 6.99. The molecule has 27 heavy (non-hydrogen) atoms. The van der Waals surface area contributed by atoms with Gasteiger partial charge in [0.25, 0.3) is 0 Å². The van der Waals surface area contributed by atoms with Crippen LogP contribution in [0.1, 0.15) is 11.3 Å². The van der Waals surface area contributed by atoms with Gasteiger partial charge in [-0.05, 0) is 31.2 Å². The van der Waals surface area contributed by atoms with Crippen molar-refractivity contribution < 1.29 is 9.13 Å². The summed E-state index contributed by atoms with van der Waals surface area (Å²) < 4.78 is 21.2. The molecule has 0 aliphatic carbocycles. The van der Waals surface area contributed by atoms with Crippen LogP contribution in [0.5, 0.6) is 5.75 Å². The third-order valence-corrected chi connectivity index (χ3v) is 4.40. The summed E-state index contributed by atoms with van der Waals surface area (Å²) in [7, 11) is 1.52. The minimum Gasteiger partial charge on any atom is -0.496 e. The molecule has 0 fully saturated rings. The zero-order valence-electron chi connectivity index (χ0n) is 14.8. The van der Waals surface area contributed by atoms with Crippen LogP contribution < -0.4 is 10.1 Å². The van der Waals surface area contributed by atoms with Crippen molar-refractivity contribution >= 4 is 11.5 Å². The Morgan fingerprint density at radius 3 is 2.89 bits per heavy atom. The van der Waals surface area contributed by atoms with E-state index in [4.69, 9.17) is 4.74 Å². The molecule has 1 N–H and O–H groups in total. The number of methoxy groups -OCH3 is 1. The highest BCUT2D eigenvalue weighted by Crippen LogP contribution is 2.28. The molecule has 0 radical (unpaired) electrons. The van der Waals surface area contributed by atoms with E-state index in [0.717, 1.165) is 22.6 Å². The van der Waals surface area contributed by atoms with Gasteiger partial charge in [0, 0.05) is 35.1 Å². The number of nitrogens with zero attached hydrogens (tertiary/aromatic N) is 5. The van der Waals surface area contributed by atoms with Crippen molar-refractivity contribution in [3.8, 4) is 16.9 Å². The molecule has 0 aliphatic heterocycles. The van der Waals surface area contributed by atoms with E-state index >= 15 is 0 Å². The first kappa shape index (κ1) is 16.9. The number of halogens is 1. The molecule has 0 bridgehead atoms. The van der Waals surface area contributed by atoms with Crippen molar-refractivity contribution in [2.45, 2.75) is 13.5 Å². The standard InChI is InChI=1S/C19H17FN6O/c1-12-14(8-21-10-23-12)13-6-7-18(26-11-24-25-19(13)26)22-9-15-16(20)4-3-5-17(15)27-2/h3-8,10-11,22H,9H2,1-2H3. The number of fused-ring (bicyclic) bond motifs is 1. The van der Waals surface area contributed by atoms with E-state index in [1.807, 2.05) is 23.5 Å². The number of hydrogen-bond donors (Lipinski definition) is 1. The Morgan fingerprint density at radius 1 is 1.19 bits per heavy atom. The van der Waals surface area contributed by atoms with Crippen LogP contribution in [-0.4, -0.2) is 31.7 Å². The molecule has 0 atom stereocenters. The second-order valence-electron chi connectivity index (χ2n) is 5.95. The fourth-order valence-electron chi connectivity index (χ4n) is 3.00. The highest BCUT2D eigenvalue weighted by atomic mass is 19.1. The van der Waals surface area contributed by atoms with Crippen LogP contribution in [0.3, 0.4) is 0 Å². The number of benzene rings is 1. The first-order chi connectivity index (χ1) is 13.2. The molecule has 4 rings (SSSR count). The predicted molar refractivity (Wildman–Crippen MR) is 99.0 cm³/mol. The van der Waals surface area contributed by atoms with Gasteiger partial charge in [-0.15, -0.1) is 10.2 Å². The zero-order chi connectivity index (χ0) is 18.8. The molecule has 0 spiro atoms. The summed E-state index contributed by atoms with van der Waals surface area (Å²) >= 11 is 0. The normalized spacial score (nSPS) is 10.9. The predicted octanol–water partition coefficient (Wildman–Crippen LogP) is 3.25. The average Bonchev–Trinajstić information content (AvgIpc) is 3.17. The average molecular weight is 364 g/mol. The lowest BCUT2D eigenvalue weighted by Gasteiger charge is -2.14. The number of nitrogens with one attached hydrogen (secondary N) is 1. The molecule has 0 amide bonds. The van der Waals surface area contributed by atoms with Gasteiger partial charge in [0.15, 0.2) is 5.65 Å². The van der Waals surface area contributed by atoms with E-state index in [1.165, 1.54) is 19.5 Å². The molecular formula is C19H17FN6O. The number of rotatable bonds is 5. The maximum Gasteiger partial charge on any atom is 0.170 e. The van der Waals surface area contributed by atoms with E-state index in [9.17, 15) is 4.39 Å². The van der Waals surface area contributed by atoms with E-state index in [1.54, 1.807) is 24.7 Å². The summed E-state index contributed by atoms with van der Waals surface area (Å²) in [6.45, 7) is 2.18. The van der Waals surface area contributed by atoms with Gasteiger partial charge in [0.1, 0.15) is 30.0 Å². The Balaban J connectivity index is 1.70. The Kier molecular flexibility index (Phi) is 4.37. The molecule has 0 unspecified atom stereocenters. The van der Waals surface area contributed by atoms with Crippen molar-refractivity contribution in [2.75, 3.05) is 12.4 Å². The largest absolute Gasteiger partial charge is 0.496 e. The van der Waals surface area contributed by atoms with Crippen molar-refractivity contribution in [3.05, 3.63) is 66.3 Å². The number of aryl methyl sites for hydroxylation is 1. The Hall–Kier alpha value is -3.55. The van der Waals surface area contributed by atoms with Gasteiger partial charge in [-0.2, -0.15) is 0 Å². The molecule has 0 saturated carbocycles. The van der Waals surface area contributed by atoms with E-state index < -0.39 is 0 Å². The van der Waals surface area contributed by atoms with Crippen molar-refractivity contribution in [2.24, 2.45) is 0 Å². The molecular weight excluding hydrogens is 347 g/mol. The van der Waals surface area contributed by atoms with Gasteiger partial charge >= 0.3 is 0 Å². The molecule has 1 aromatic carbocycles. The summed E-state index contributed by atoms with van der Waals surface area (Å²) in [4.78, 5) is 8.33. The second-order valence-corrected chi connectivity index (χ2v) is 5.95. The fourth-order valence-corrected chi connectivity index (χ4v) is 3.00. The van der Waals surface area contributed by atoms with Gasteiger partial charge in [-0.3, -0.25) is 4.40 Å². The monoisotopic (exact) mass is 364 g/mol. The lowest BCUT2D eigenvalue weighted by Crippen LogP contribution is -2.07. The lowest BCUT2D eigenvalue weighted by molar-refractivity contribution is 0.405. The topological polar surface area (TPSA) is 77.2 Å². The number of ether oxygens (including phenoxy) is 1. The summed E-state index contributed by atoms with van der Waals surface area (Å²) in [6.07, 6.45) is 4.88. The first-order valence-electron chi connectivity index (χ1n) is 8.34. The molecule has 3 heterocycles. The molecule has 7 nitrogen and oxygen atoms in total. The van der Waals surface area contributed by atoms with Crippen molar-refractivity contribution in [1.29, 1.82) is 0 Å². The van der Waals surface area contributed by atoms with Crippen LogP contribution >= 0.6 is 0 Å². The Morgan fingerprint density at radius 2 is 2.07 bits per heavy atom. The van der Waals surface area contributed by atoms with Gasteiger partial charge < -0.3 is 10.1 Å². The summed E-state index contributed by atoms with van der Waals surface area (Å²) in [5, 5.41) is 11.5. The third kappa shape index (κ3) is 3.05.